The van der Waals surface area contributed by atoms with Crippen molar-refractivity contribution in [2.45, 2.75) is 56.1 Å². The molecule has 2 aromatic rings. The summed E-state index contributed by atoms with van der Waals surface area (Å²) in [6.45, 7) is 1.91. The zero-order valence-electron chi connectivity index (χ0n) is 14.7. The lowest BCUT2D eigenvalue weighted by Crippen LogP contribution is -2.32. The van der Waals surface area contributed by atoms with Crippen molar-refractivity contribution in [3.05, 3.63) is 41.5 Å². The third-order valence-electron chi connectivity index (χ3n) is 5.16. The summed E-state index contributed by atoms with van der Waals surface area (Å²) in [5, 5.41) is 1.09. The van der Waals surface area contributed by atoms with Crippen LogP contribution in [0, 0.1) is 5.92 Å². The predicted molar refractivity (Wildman–Crippen MR) is 98.7 cm³/mol. The maximum absolute atomic E-state index is 13.8. The van der Waals surface area contributed by atoms with Gasteiger partial charge in [0.1, 0.15) is 5.75 Å². The van der Waals surface area contributed by atoms with E-state index in [0.717, 1.165) is 5.56 Å². The topological polar surface area (TPSA) is 9.23 Å². The highest BCUT2D eigenvalue weighted by Gasteiger charge is 2.42. The van der Waals surface area contributed by atoms with Crippen LogP contribution in [0.1, 0.15) is 55.0 Å². The van der Waals surface area contributed by atoms with Crippen LogP contribution in [0.25, 0.3) is 10.8 Å². The van der Waals surface area contributed by atoms with Crippen molar-refractivity contribution in [3.63, 3.8) is 0 Å². The molecule has 3 rings (SSSR count). The number of fused-ring (bicyclic) bond motifs is 1. The minimum absolute atomic E-state index is 0.00893. The average Bonchev–Trinajstić information content (AvgIpc) is 2.60. The Kier molecular flexibility index (Phi) is 5.99. The zero-order valence-corrected chi connectivity index (χ0v) is 16.3. The molecule has 0 N–H and O–H groups in total. The average molecular weight is 451 g/mol. The van der Waals surface area contributed by atoms with Gasteiger partial charge in [-0.3, -0.25) is 0 Å². The molecule has 1 atom stereocenters. The highest BCUT2D eigenvalue weighted by Crippen LogP contribution is 2.41. The van der Waals surface area contributed by atoms with Crippen molar-refractivity contribution in [1.29, 1.82) is 0 Å². The molecule has 1 aliphatic rings. The maximum atomic E-state index is 13.8. The molecule has 1 unspecified atom stereocenters. The molecule has 1 aliphatic carbocycles. The van der Waals surface area contributed by atoms with Crippen LogP contribution < -0.4 is 4.74 Å². The minimum atomic E-state index is -4.20. The molecule has 0 saturated heterocycles. The molecule has 0 aromatic heterocycles. The van der Waals surface area contributed by atoms with E-state index in [9.17, 15) is 22.0 Å². The molecule has 0 bridgehead atoms. The Bertz CT molecular complexity index is 795. The van der Waals surface area contributed by atoms with Crippen molar-refractivity contribution in [1.82, 2.24) is 0 Å². The second-order valence-electron chi connectivity index (χ2n) is 7.01. The molecule has 7 heteroatoms. The van der Waals surface area contributed by atoms with Gasteiger partial charge >= 0.3 is 6.18 Å². The Balaban J connectivity index is 1.87. The summed E-state index contributed by atoms with van der Waals surface area (Å²) in [6, 6.07) is 8.57. The fourth-order valence-corrected chi connectivity index (χ4v) is 3.89. The third kappa shape index (κ3) is 4.55. The number of halogens is 6. The smallest absolute Gasteiger partial charge is 0.391 e. The lowest BCUT2D eigenvalue weighted by molar-refractivity contribution is -0.185. The molecule has 148 valence electrons. The molecule has 2 aromatic carbocycles. The van der Waals surface area contributed by atoms with Gasteiger partial charge in [-0.05, 0) is 61.1 Å². The second kappa shape index (κ2) is 7.94. The fraction of sp³-hybridized carbons (Fsp3) is 0.500. The molecule has 0 amide bonds. The van der Waals surface area contributed by atoms with E-state index in [1.165, 1.54) is 6.07 Å². The first-order valence-electron chi connectivity index (χ1n) is 8.89. The van der Waals surface area contributed by atoms with Gasteiger partial charge in [0.15, 0.2) is 0 Å². The van der Waals surface area contributed by atoms with Gasteiger partial charge in [-0.1, -0.05) is 34.1 Å². The molecule has 27 heavy (non-hydrogen) atoms. The van der Waals surface area contributed by atoms with E-state index >= 15 is 0 Å². The van der Waals surface area contributed by atoms with Gasteiger partial charge < -0.3 is 4.74 Å². The highest BCUT2D eigenvalue weighted by molar-refractivity contribution is 9.09. The van der Waals surface area contributed by atoms with Crippen LogP contribution in [0.5, 0.6) is 5.75 Å². The van der Waals surface area contributed by atoms with Crippen molar-refractivity contribution in [2.75, 3.05) is 0 Å². The van der Waals surface area contributed by atoms with E-state index in [0.29, 0.717) is 10.8 Å². The molecule has 0 heterocycles. The Morgan fingerprint density at radius 2 is 1.67 bits per heavy atom. The summed E-state index contributed by atoms with van der Waals surface area (Å²) in [4.78, 5) is 0.00893. The standard InChI is InChI=1S/C20H20BrF5O/c1-11(21)13-3-2-12-4-9-17(18(19(22)23)16(12)10-13)27-15-7-5-14(6-8-15)20(24,25)26/h2-4,9-11,14-15,19H,5-8H2,1H3/t11?,14-,15+. The van der Waals surface area contributed by atoms with Crippen LogP contribution in [0.15, 0.2) is 30.3 Å². The van der Waals surface area contributed by atoms with Crippen LogP contribution in [0.2, 0.25) is 0 Å². The van der Waals surface area contributed by atoms with E-state index in [4.69, 9.17) is 4.74 Å². The molecule has 1 fully saturated rings. The first-order chi connectivity index (χ1) is 12.7. The van der Waals surface area contributed by atoms with Gasteiger partial charge in [-0.25, -0.2) is 8.78 Å². The molecule has 0 radical (unpaired) electrons. The number of ether oxygens (including phenoxy) is 1. The van der Waals surface area contributed by atoms with Gasteiger partial charge in [0.2, 0.25) is 0 Å². The van der Waals surface area contributed by atoms with Gasteiger partial charge in [0, 0.05) is 4.83 Å². The van der Waals surface area contributed by atoms with Gasteiger partial charge in [-0.15, -0.1) is 0 Å². The van der Waals surface area contributed by atoms with Gasteiger partial charge in [0.05, 0.1) is 17.6 Å². The largest absolute Gasteiger partial charge is 0.490 e. The van der Waals surface area contributed by atoms with E-state index < -0.39 is 24.6 Å². The number of alkyl halides is 6. The highest BCUT2D eigenvalue weighted by atomic mass is 79.9. The van der Waals surface area contributed by atoms with Crippen molar-refractivity contribution in [2.24, 2.45) is 5.92 Å². The Morgan fingerprint density at radius 1 is 1.04 bits per heavy atom. The summed E-state index contributed by atoms with van der Waals surface area (Å²) in [5.41, 5.74) is 0.674. The first-order valence-corrected chi connectivity index (χ1v) is 9.80. The van der Waals surface area contributed by atoms with Crippen molar-refractivity contribution >= 4 is 26.7 Å². The SMILES string of the molecule is CC(Br)c1ccc2ccc(O[C@H]3CC[C@@H](C(F)(F)F)CC3)c(C(F)F)c2c1. The van der Waals surface area contributed by atoms with Crippen molar-refractivity contribution < 1.29 is 26.7 Å². The van der Waals surface area contributed by atoms with E-state index in [-0.39, 0.29) is 41.8 Å². The third-order valence-corrected chi connectivity index (χ3v) is 5.68. The Labute approximate surface area is 163 Å². The lowest BCUT2D eigenvalue weighted by Gasteiger charge is -2.30. The first kappa shape index (κ1) is 20.4. The fourth-order valence-electron chi connectivity index (χ4n) is 3.60. The summed E-state index contributed by atoms with van der Waals surface area (Å²) in [7, 11) is 0. The number of benzene rings is 2. The molecular formula is C20H20BrF5O. The van der Waals surface area contributed by atoms with Crippen LogP contribution in [-0.4, -0.2) is 12.3 Å². The van der Waals surface area contributed by atoms with Gasteiger partial charge in [-0.2, -0.15) is 13.2 Å². The van der Waals surface area contributed by atoms with Crippen LogP contribution >= 0.6 is 15.9 Å². The Hall–Kier alpha value is -1.37. The van der Waals surface area contributed by atoms with Gasteiger partial charge in [0.25, 0.3) is 6.43 Å². The molecule has 1 nitrogen and oxygen atoms in total. The normalized spacial score (nSPS) is 22.2. The number of hydrogen-bond donors (Lipinski definition) is 0. The molecule has 1 saturated carbocycles. The summed E-state index contributed by atoms with van der Waals surface area (Å²) >= 11 is 3.44. The summed E-state index contributed by atoms with van der Waals surface area (Å²) < 4.78 is 71.8. The molecule has 0 spiro atoms. The quantitative estimate of drug-likeness (QED) is 0.342. The van der Waals surface area contributed by atoms with E-state index in [2.05, 4.69) is 15.9 Å². The predicted octanol–water partition coefficient (Wildman–Crippen LogP) is 7.73. The van der Waals surface area contributed by atoms with Crippen LogP contribution in [-0.2, 0) is 0 Å². The molecular weight excluding hydrogens is 431 g/mol. The second-order valence-corrected chi connectivity index (χ2v) is 8.38. The van der Waals surface area contributed by atoms with E-state index in [1.807, 2.05) is 13.0 Å². The van der Waals surface area contributed by atoms with Crippen LogP contribution in [0.4, 0.5) is 22.0 Å². The lowest BCUT2D eigenvalue weighted by atomic mass is 9.87. The van der Waals surface area contributed by atoms with Crippen molar-refractivity contribution in [3.8, 4) is 5.75 Å². The minimum Gasteiger partial charge on any atom is -0.490 e. The maximum Gasteiger partial charge on any atom is 0.391 e. The molecule has 0 aliphatic heterocycles. The summed E-state index contributed by atoms with van der Waals surface area (Å²) in [5.74, 6) is -1.26. The summed E-state index contributed by atoms with van der Waals surface area (Å²) in [6.07, 6.45) is -7.06. The van der Waals surface area contributed by atoms with Crippen LogP contribution in [0.3, 0.4) is 0 Å². The number of rotatable bonds is 4. The monoisotopic (exact) mass is 450 g/mol. The van der Waals surface area contributed by atoms with E-state index in [1.54, 1.807) is 18.2 Å². The number of hydrogen-bond acceptors (Lipinski definition) is 1. The zero-order chi connectivity index (χ0) is 19.8. The Morgan fingerprint density at radius 3 is 2.22 bits per heavy atom.